The third kappa shape index (κ3) is 3.10. The van der Waals surface area contributed by atoms with Crippen LogP contribution in [0.2, 0.25) is 0 Å². The fraction of sp³-hybridized carbons (Fsp3) is 0.867. The van der Waals surface area contributed by atoms with Gasteiger partial charge in [-0.15, -0.1) is 0 Å². The van der Waals surface area contributed by atoms with E-state index in [4.69, 9.17) is 0 Å². The Kier molecular flexibility index (Phi) is 4.48. The lowest BCUT2D eigenvalue weighted by atomic mass is 9.92. The normalized spacial score (nSPS) is 33.3. The number of nitrogens with zero attached hydrogens (tertiary/aromatic N) is 1. The minimum Gasteiger partial charge on any atom is -0.343 e. The van der Waals surface area contributed by atoms with Crippen LogP contribution in [0.15, 0.2) is 0 Å². The van der Waals surface area contributed by atoms with Gasteiger partial charge in [0.2, 0.25) is 11.8 Å². The molecule has 0 spiro atoms. The van der Waals surface area contributed by atoms with Crippen LogP contribution in [0.4, 0.5) is 0 Å². The highest BCUT2D eigenvalue weighted by molar-refractivity contribution is 5.95. The molecule has 3 atom stereocenters. The number of piperazine rings is 1. The van der Waals surface area contributed by atoms with E-state index in [1.807, 2.05) is 18.7 Å². The molecule has 108 valence electrons. The average Bonchev–Trinajstić information content (AvgIpc) is 2.56. The first-order valence-corrected chi connectivity index (χ1v) is 7.60. The van der Waals surface area contributed by atoms with Gasteiger partial charge < -0.3 is 10.2 Å². The van der Waals surface area contributed by atoms with Crippen molar-refractivity contribution in [2.45, 2.75) is 65.0 Å². The third-order valence-electron chi connectivity index (χ3n) is 4.56. The van der Waals surface area contributed by atoms with Crippen molar-refractivity contribution in [3.63, 3.8) is 0 Å². The number of amides is 2. The predicted molar refractivity (Wildman–Crippen MR) is 74.5 cm³/mol. The van der Waals surface area contributed by atoms with E-state index in [9.17, 15) is 9.59 Å². The van der Waals surface area contributed by atoms with Crippen LogP contribution in [0.1, 0.15) is 52.9 Å². The van der Waals surface area contributed by atoms with Gasteiger partial charge in [-0.2, -0.15) is 0 Å². The van der Waals surface area contributed by atoms with Gasteiger partial charge in [0, 0.05) is 6.04 Å². The maximum absolute atomic E-state index is 12.6. The van der Waals surface area contributed by atoms with Gasteiger partial charge in [-0.1, -0.05) is 40.0 Å². The van der Waals surface area contributed by atoms with Gasteiger partial charge in [0.15, 0.2) is 0 Å². The Labute approximate surface area is 115 Å². The molecule has 1 aliphatic heterocycles. The Balaban J connectivity index is 2.16. The summed E-state index contributed by atoms with van der Waals surface area (Å²) in [4.78, 5) is 26.3. The molecule has 1 saturated carbocycles. The molecular formula is C15H26N2O2. The standard InChI is InChI=1S/C15H26N2O2/c1-10(2)14-15(19)17(9-13(18)16-14)12-8-6-4-5-7-11(12)3/h10-12,14H,4-9H2,1-3H3,(H,16,18). The van der Waals surface area contributed by atoms with Crippen molar-refractivity contribution in [2.24, 2.45) is 11.8 Å². The lowest BCUT2D eigenvalue weighted by molar-refractivity contribution is -0.149. The molecule has 0 aromatic heterocycles. The van der Waals surface area contributed by atoms with E-state index in [0.717, 1.165) is 6.42 Å². The first kappa shape index (κ1) is 14.4. The van der Waals surface area contributed by atoms with Gasteiger partial charge in [-0.25, -0.2) is 0 Å². The van der Waals surface area contributed by atoms with Gasteiger partial charge in [-0.3, -0.25) is 9.59 Å². The Hall–Kier alpha value is -1.06. The molecule has 1 aliphatic carbocycles. The maximum Gasteiger partial charge on any atom is 0.246 e. The van der Waals surface area contributed by atoms with Crippen molar-refractivity contribution in [3.05, 3.63) is 0 Å². The van der Waals surface area contributed by atoms with Crippen molar-refractivity contribution in [1.29, 1.82) is 0 Å². The minimum absolute atomic E-state index is 0.00486. The van der Waals surface area contributed by atoms with Crippen LogP contribution in [0.5, 0.6) is 0 Å². The van der Waals surface area contributed by atoms with Crippen LogP contribution in [0.25, 0.3) is 0 Å². The van der Waals surface area contributed by atoms with Crippen molar-refractivity contribution in [2.75, 3.05) is 6.54 Å². The monoisotopic (exact) mass is 266 g/mol. The van der Waals surface area contributed by atoms with Gasteiger partial charge >= 0.3 is 0 Å². The van der Waals surface area contributed by atoms with Crippen LogP contribution < -0.4 is 5.32 Å². The van der Waals surface area contributed by atoms with E-state index >= 15 is 0 Å². The molecule has 2 aliphatic rings. The molecule has 0 bridgehead atoms. The molecule has 0 aromatic rings. The number of carbonyl (C=O) groups is 2. The quantitative estimate of drug-likeness (QED) is 0.777. The van der Waals surface area contributed by atoms with Crippen molar-refractivity contribution >= 4 is 11.8 Å². The molecule has 19 heavy (non-hydrogen) atoms. The summed E-state index contributed by atoms with van der Waals surface area (Å²) in [5.74, 6) is 0.772. The summed E-state index contributed by atoms with van der Waals surface area (Å²) in [5.41, 5.74) is 0. The predicted octanol–water partition coefficient (Wildman–Crippen LogP) is 1.94. The van der Waals surface area contributed by atoms with E-state index < -0.39 is 0 Å². The Morgan fingerprint density at radius 2 is 1.84 bits per heavy atom. The van der Waals surface area contributed by atoms with Crippen LogP contribution in [-0.4, -0.2) is 35.3 Å². The van der Waals surface area contributed by atoms with Crippen molar-refractivity contribution in [3.8, 4) is 0 Å². The minimum atomic E-state index is -0.336. The van der Waals surface area contributed by atoms with E-state index in [0.29, 0.717) is 5.92 Å². The van der Waals surface area contributed by atoms with E-state index in [-0.39, 0.29) is 36.4 Å². The zero-order chi connectivity index (χ0) is 14.0. The molecule has 4 heteroatoms. The molecular weight excluding hydrogens is 240 g/mol. The van der Waals surface area contributed by atoms with E-state index in [1.54, 1.807) is 0 Å². The Morgan fingerprint density at radius 3 is 2.53 bits per heavy atom. The number of rotatable bonds is 2. The summed E-state index contributed by atoms with van der Waals surface area (Å²) >= 11 is 0. The number of hydrogen-bond donors (Lipinski definition) is 1. The molecule has 1 saturated heterocycles. The first-order valence-electron chi connectivity index (χ1n) is 7.60. The second kappa shape index (κ2) is 5.93. The lowest BCUT2D eigenvalue weighted by Gasteiger charge is -2.41. The second-order valence-electron chi connectivity index (χ2n) is 6.44. The molecule has 2 amide bonds. The summed E-state index contributed by atoms with van der Waals surface area (Å²) in [6.45, 7) is 6.45. The van der Waals surface area contributed by atoms with E-state index in [2.05, 4.69) is 12.2 Å². The summed E-state index contributed by atoms with van der Waals surface area (Å²) < 4.78 is 0. The highest BCUT2D eigenvalue weighted by Crippen LogP contribution is 2.28. The van der Waals surface area contributed by atoms with Crippen LogP contribution in [-0.2, 0) is 9.59 Å². The fourth-order valence-electron chi connectivity index (χ4n) is 3.36. The van der Waals surface area contributed by atoms with Gasteiger partial charge in [0.1, 0.15) is 6.04 Å². The molecule has 0 radical (unpaired) electrons. The van der Waals surface area contributed by atoms with Crippen molar-refractivity contribution in [1.82, 2.24) is 10.2 Å². The molecule has 1 heterocycles. The number of nitrogens with one attached hydrogen (secondary N) is 1. The van der Waals surface area contributed by atoms with Gasteiger partial charge in [0.25, 0.3) is 0 Å². The van der Waals surface area contributed by atoms with Gasteiger partial charge in [-0.05, 0) is 24.7 Å². The molecule has 0 aromatic carbocycles. The second-order valence-corrected chi connectivity index (χ2v) is 6.44. The fourth-order valence-corrected chi connectivity index (χ4v) is 3.36. The zero-order valence-electron chi connectivity index (χ0n) is 12.3. The topological polar surface area (TPSA) is 49.4 Å². The van der Waals surface area contributed by atoms with Crippen molar-refractivity contribution < 1.29 is 9.59 Å². The summed E-state index contributed by atoms with van der Waals surface area (Å²) in [5, 5.41) is 2.83. The summed E-state index contributed by atoms with van der Waals surface area (Å²) in [6, 6.07) is -0.0843. The van der Waals surface area contributed by atoms with Crippen LogP contribution in [0.3, 0.4) is 0 Å². The highest BCUT2D eigenvalue weighted by atomic mass is 16.2. The van der Waals surface area contributed by atoms with Crippen LogP contribution >= 0.6 is 0 Å². The first-order chi connectivity index (χ1) is 9.00. The highest BCUT2D eigenvalue weighted by Gasteiger charge is 2.39. The molecule has 1 N–H and O–H groups in total. The van der Waals surface area contributed by atoms with Crippen LogP contribution in [0, 0.1) is 11.8 Å². The Morgan fingerprint density at radius 1 is 1.16 bits per heavy atom. The van der Waals surface area contributed by atoms with E-state index in [1.165, 1.54) is 25.7 Å². The SMILES string of the molecule is CC(C)C1NC(=O)CN(C2CCCCCC2C)C1=O. The van der Waals surface area contributed by atoms with Gasteiger partial charge in [0.05, 0.1) is 6.54 Å². The number of hydrogen-bond acceptors (Lipinski definition) is 2. The smallest absolute Gasteiger partial charge is 0.246 e. The maximum atomic E-state index is 12.6. The summed E-state index contributed by atoms with van der Waals surface area (Å²) in [6.07, 6.45) is 5.89. The summed E-state index contributed by atoms with van der Waals surface area (Å²) in [7, 11) is 0. The molecule has 2 rings (SSSR count). The third-order valence-corrected chi connectivity index (χ3v) is 4.56. The number of carbonyl (C=O) groups excluding carboxylic acids is 2. The zero-order valence-corrected chi connectivity index (χ0v) is 12.3. The Bertz CT molecular complexity index is 354. The lowest BCUT2D eigenvalue weighted by Crippen LogP contribution is -2.63. The largest absolute Gasteiger partial charge is 0.343 e. The molecule has 4 nitrogen and oxygen atoms in total. The average molecular weight is 266 g/mol. The molecule has 3 unspecified atom stereocenters. The molecule has 2 fully saturated rings.